The molecule has 24 heavy (non-hydrogen) atoms. The van der Waals surface area contributed by atoms with E-state index in [2.05, 4.69) is 18.9 Å². The zero-order chi connectivity index (χ0) is 17.5. The first-order valence-electron chi connectivity index (χ1n) is 9.00. The maximum atomic E-state index is 13.0. The summed E-state index contributed by atoms with van der Waals surface area (Å²) in [5.74, 6) is 0.507. The smallest absolute Gasteiger partial charge is 0.272 e. The molecule has 0 N–H and O–H groups in total. The fourth-order valence-electron chi connectivity index (χ4n) is 3.99. The van der Waals surface area contributed by atoms with Gasteiger partial charge in [0.25, 0.3) is 5.91 Å². The predicted octanol–water partition coefficient (Wildman–Crippen LogP) is 2.11. The van der Waals surface area contributed by atoms with E-state index in [1.54, 1.807) is 4.68 Å². The lowest BCUT2D eigenvalue weighted by atomic mass is 9.78. The molecule has 3 rings (SSSR count). The van der Waals surface area contributed by atoms with Gasteiger partial charge >= 0.3 is 0 Å². The largest absolute Gasteiger partial charge is 0.345 e. The van der Waals surface area contributed by atoms with Gasteiger partial charge < -0.3 is 9.80 Å². The highest BCUT2D eigenvalue weighted by atomic mass is 16.2. The minimum Gasteiger partial charge on any atom is -0.345 e. The van der Waals surface area contributed by atoms with E-state index in [1.165, 1.54) is 0 Å². The van der Waals surface area contributed by atoms with Crippen LogP contribution in [0.3, 0.4) is 0 Å². The van der Waals surface area contributed by atoms with Gasteiger partial charge in [-0.3, -0.25) is 14.3 Å². The number of carbonyl (C=O) groups excluding carboxylic acids is 2. The van der Waals surface area contributed by atoms with Gasteiger partial charge in [0.15, 0.2) is 0 Å². The summed E-state index contributed by atoms with van der Waals surface area (Å²) in [4.78, 5) is 29.3. The van der Waals surface area contributed by atoms with Gasteiger partial charge in [-0.2, -0.15) is 5.10 Å². The molecule has 2 aliphatic heterocycles. The molecule has 1 atom stereocenters. The average Bonchev–Trinajstić information content (AvgIpc) is 3.17. The number of rotatable bonds is 3. The fourth-order valence-corrected chi connectivity index (χ4v) is 3.99. The van der Waals surface area contributed by atoms with Crippen LogP contribution in [-0.4, -0.2) is 58.1 Å². The maximum absolute atomic E-state index is 13.0. The minimum absolute atomic E-state index is 0.00847. The van der Waals surface area contributed by atoms with Crippen molar-refractivity contribution >= 4 is 11.8 Å². The summed E-state index contributed by atoms with van der Waals surface area (Å²) in [6.07, 6.45) is 2.69. The number of aryl methyl sites for hydroxylation is 1. The van der Waals surface area contributed by atoms with Crippen LogP contribution in [0, 0.1) is 5.41 Å². The standard InChI is InChI=1S/C18H28N4O2/c1-5-22-15(11-14(19-22)13(2)3)16(23)21-10-8-18(12-21)7-6-9-20(4)17(18)24/h11,13H,5-10,12H2,1-4H3/t18-/m1/s1. The van der Waals surface area contributed by atoms with Gasteiger partial charge in [0.1, 0.15) is 5.69 Å². The van der Waals surface area contributed by atoms with E-state index < -0.39 is 0 Å². The molecule has 3 heterocycles. The summed E-state index contributed by atoms with van der Waals surface area (Å²) in [5.41, 5.74) is 1.23. The number of hydrogen-bond acceptors (Lipinski definition) is 3. The minimum atomic E-state index is -0.361. The zero-order valence-corrected chi connectivity index (χ0v) is 15.2. The molecule has 0 aromatic carbocycles. The highest BCUT2D eigenvalue weighted by Gasteiger charge is 2.48. The van der Waals surface area contributed by atoms with Crippen LogP contribution in [0.25, 0.3) is 0 Å². The van der Waals surface area contributed by atoms with Crippen LogP contribution in [0.1, 0.15) is 62.1 Å². The van der Waals surface area contributed by atoms with Crippen molar-refractivity contribution in [2.24, 2.45) is 5.41 Å². The van der Waals surface area contributed by atoms with Crippen LogP contribution < -0.4 is 0 Å². The Morgan fingerprint density at radius 3 is 2.75 bits per heavy atom. The Morgan fingerprint density at radius 2 is 2.08 bits per heavy atom. The molecule has 0 aliphatic carbocycles. The van der Waals surface area contributed by atoms with E-state index in [9.17, 15) is 9.59 Å². The molecule has 1 aromatic heterocycles. The van der Waals surface area contributed by atoms with Crippen molar-refractivity contribution < 1.29 is 9.59 Å². The molecule has 0 radical (unpaired) electrons. The summed E-state index contributed by atoms with van der Waals surface area (Å²) >= 11 is 0. The molecular weight excluding hydrogens is 304 g/mol. The van der Waals surface area contributed by atoms with Crippen LogP contribution in [0.4, 0.5) is 0 Å². The molecule has 2 fully saturated rings. The number of amides is 2. The summed E-state index contributed by atoms with van der Waals surface area (Å²) in [6, 6.07) is 1.91. The second kappa shape index (κ2) is 6.22. The van der Waals surface area contributed by atoms with E-state index in [0.29, 0.717) is 31.2 Å². The van der Waals surface area contributed by atoms with Crippen LogP contribution in [0.5, 0.6) is 0 Å². The SMILES string of the molecule is CCn1nc(C(C)C)cc1C(=O)N1CC[C@]2(CCCN(C)C2=O)C1. The zero-order valence-electron chi connectivity index (χ0n) is 15.2. The van der Waals surface area contributed by atoms with E-state index in [1.807, 2.05) is 29.8 Å². The molecule has 2 amide bonds. The molecule has 2 aliphatic rings. The molecule has 2 saturated heterocycles. The number of piperidine rings is 1. The monoisotopic (exact) mass is 332 g/mol. The van der Waals surface area contributed by atoms with Gasteiger partial charge in [-0.05, 0) is 38.2 Å². The molecule has 6 nitrogen and oxygen atoms in total. The molecule has 0 unspecified atom stereocenters. The number of aromatic nitrogens is 2. The first-order valence-corrected chi connectivity index (χ1v) is 9.00. The molecule has 1 spiro atoms. The van der Waals surface area contributed by atoms with Crippen molar-refractivity contribution in [3.05, 3.63) is 17.5 Å². The van der Waals surface area contributed by atoms with Crippen molar-refractivity contribution in [1.29, 1.82) is 0 Å². The molecular formula is C18H28N4O2. The van der Waals surface area contributed by atoms with E-state index in [0.717, 1.165) is 31.5 Å². The van der Waals surface area contributed by atoms with Gasteiger partial charge in [0.05, 0.1) is 11.1 Å². The van der Waals surface area contributed by atoms with Gasteiger partial charge in [-0.15, -0.1) is 0 Å². The Bertz CT molecular complexity index is 651. The lowest BCUT2D eigenvalue weighted by Crippen LogP contribution is -2.48. The van der Waals surface area contributed by atoms with Crippen LogP contribution >= 0.6 is 0 Å². The Kier molecular flexibility index (Phi) is 4.40. The third kappa shape index (κ3) is 2.72. The number of nitrogens with zero attached hydrogens (tertiary/aromatic N) is 4. The quantitative estimate of drug-likeness (QED) is 0.852. The molecule has 6 heteroatoms. The molecule has 132 valence electrons. The first-order chi connectivity index (χ1) is 11.4. The number of likely N-dealkylation sites (tertiary alicyclic amines) is 2. The topological polar surface area (TPSA) is 58.4 Å². The average molecular weight is 332 g/mol. The Morgan fingerprint density at radius 1 is 1.33 bits per heavy atom. The van der Waals surface area contributed by atoms with E-state index in [4.69, 9.17) is 0 Å². The van der Waals surface area contributed by atoms with Crippen LogP contribution in [0.15, 0.2) is 6.07 Å². The molecule has 0 bridgehead atoms. The third-order valence-electron chi connectivity index (χ3n) is 5.50. The molecule has 1 aromatic rings. The van der Waals surface area contributed by atoms with Gasteiger partial charge in [-0.1, -0.05) is 13.8 Å². The maximum Gasteiger partial charge on any atom is 0.272 e. The first kappa shape index (κ1) is 17.0. The molecule has 0 saturated carbocycles. The van der Waals surface area contributed by atoms with Crippen LogP contribution in [-0.2, 0) is 11.3 Å². The predicted molar refractivity (Wildman–Crippen MR) is 91.8 cm³/mol. The second-order valence-electron chi connectivity index (χ2n) is 7.51. The summed E-state index contributed by atoms with van der Waals surface area (Å²) in [5, 5.41) is 4.55. The van der Waals surface area contributed by atoms with Crippen molar-refractivity contribution in [2.45, 2.75) is 52.5 Å². The van der Waals surface area contributed by atoms with Gasteiger partial charge in [0, 0.05) is 33.2 Å². The van der Waals surface area contributed by atoms with Gasteiger partial charge in [0.2, 0.25) is 5.91 Å². The van der Waals surface area contributed by atoms with E-state index in [-0.39, 0.29) is 17.2 Å². The summed E-state index contributed by atoms with van der Waals surface area (Å²) < 4.78 is 1.79. The highest BCUT2D eigenvalue weighted by Crippen LogP contribution is 2.40. The number of carbonyl (C=O) groups is 2. The lowest BCUT2D eigenvalue weighted by Gasteiger charge is -2.37. The highest BCUT2D eigenvalue weighted by molar-refractivity contribution is 5.94. The Labute approximate surface area is 143 Å². The normalized spacial score (nSPS) is 24.5. The van der Waals surface area contributed by atoms with Crippen molar-refractivity contribution in [3.63, 3.8) is 0 Å². The van der Waals surface area contributed by atoms with E-state index >= 15 is 0 Å². The summed E-state index contributed by atoms with van der Waals surface area (Å²) in [6.45, 7) is 8.86. The lowest BCUT2D eigenvalue weighted by molar-refractivity contribution is -0.143. The van der Waals surface area contributed by atoms with Crippen LogP contribution in [0.2, 0.25) is 0 Å². The fraction of sp³-hybridized carbons (Fsp3) is 0.722. The van der Waals surface area contributed by atoms with Crippen molar-refractivity contribution in [1.82, 2.24) is 19.6 Å². The van der Waals surface area contributed by atoms with Crippen molar-refractivity contribution in [2.75, 3.05) is 26.7 Å². The Balaban J connectivity index is 1.81. The summed E-state index contributed by atoms with van der Waals surface area (Å²) in [7, 11) is 1.87. The Hall–Kier alpha value is -1.85. The number of hydrogen-bond donors (Lipinski definition) is 0. The third-order valence-corrected chi connectivity index (χ3v) is 5.50. The second-order valence-corrected chi connectivity index (χ2v) is 7.51. The van der Waals surface area contributed by atoms with Crippen molar-refractivity contribution in [3.8, 4) is 0 Å². The van der Waals surface area contributed by atoms with Gasteiger partial charge in [-0.25, -0.2) is 0 Å².